The summed E-state index contributed by atoms with van der Waals surface area (Å²) in [6.07, 6.45) is 0. The number of halogens is 1. The summed E-state index contributed by atoms with van der Waals surface area (Å²) in [7, 11) is 0. The van der Waals surface area contributed by atoms with Gasteiger partial charge in [-0.2, -0.15) is 5.10 Å². The highest BCUT2D eigenvalue weighted by Crippen LogP contribution is 2.21. The number of rotatable bonds is 4. The number of aromatic nitrogens is 2. The third-order valence-corrected chi connectivity index (χ3v) is 3.43. The van der Waals surface area contributed by atoms with Crippen LogP contribution in [0.3, 0.4) is 0 Å². The minimum Gasteiger partial charge on any atom is -0.438 e. The van der Waals surface area contributed by atoms with Crippen LogP contribution in [-0.4, -0.2) is 16.1 Å². The van der Waals surface area contributed by atoms with Gasteiger partial charge < -0.3 is 10.1 Å². The van der Waals surface area contributed by atoms with Gasteiger partial charge in [0.1, 0.15) is 5.75 Å². The van der Waals surface area contributed by atoms with Crippen LogP contribution >= 0.6 is 11.6 Å². The number of anilines is 1. The Bertz CT molecular complexity index is 849. The molecule has 0 atom stereocenters. The van der Waals surface area contributed by atoms with Crippen molar-refractivity contribution < 1.29 is 9.53 Å². The van der Waals surface area contributed by atoms with Crippen LogP contribution in [0.4, 0.5) is 5.69 Å². The molecular formula is C18H14ClN3O2. The van der Waals surface area contributed by atoms with Gasteiger partial charge in [0, 0.05) is 22.3 Å². The molecule has 1 heterocycles. The standard InChI is InChI=1S/C18H14ClN3O2/c1-12-5-10-17(22-21-12)24-16-8-6-15(7-9-16)20-18(23)13-3-2-4-14(19)11-13/h2-11H,1H3,(H,20,23). The van der Waals surface area contributed by atoms with E-state index in [1.54, 1.807) is 54.6 Å². The maximum absolute atomic E-state index is 12.2. The van der Waals surface area contributed by atoms with Gasteiger partial charge in [0.25, 0.3) is 5.91 Å². The molecule has 0 spiro atoms. The summed E-state index contributed by atoms with van der Waals surface area (Å²) >= 11 is 5.89. The van der Waals surface area contributed by atoms with E-state index in [4.69, 9.17) is 16.3 Å². The molecule has 0 fully saturated rings. The monoisotopic (exact) mass is 339 g/mol. The summed E-state index contributed by atoms with van der Waals surface area (Å²) in [5.74, 6) is 0.792. The Morgan fingerprint density at radius 1 is 1.04 bits per heavy atom. The minimum absolute atomic E-state index is 0.226. The van der Waals surface area contributed by atoms with E-state index in [1.165, 1.54) is 0 Å². The van der Waals surface area contributed by atoms with Gasteiger partial charge in [0.15, 0.2) is 0 Å². The Kier molecular flexibility index (Phi) is 4.72. The van der Waals surface area contributed by atoms with Gasteiger partial charge in [-0.3, -0.25) is 4.79 Å². The lowest BCUT2D eigenvalue weighted by molar-refractivity contribution is 0.102. The maximum Gasteiger partial charge on any atom is 0.255 e. The zero-order valence-electron chi connectivity index (χ0n) is 12.9. The van der Waals surface area contributed by atoms with Crippen LogP contribution in [0, 0.1) is 6.92 Å². The van der Waals surface area contributed by atoms with E-state index < -0.39 is 0 Å². The van der Waals surface area contributed by atoms with Gasteiger partial charge in [-0.25, -0.2) is 0 Å². The van der Waals surface area contributed by atoms with Gasteiger partial charge >= 0.3 is 0 Å². The molecule has 120 valence electrons. The average Bonchev–Trinajstić information content (AvgIpc) is 2.59. The number of hydrogen-bond donors (Lipinski definition) is 1. The van der Waals surface area contributed by atoms with E-state index in [1.807, 2.05) is 13.0 Å². The highest BCUT2D eigenvalue weighted by atomic mass is 35.5. The number of benzene rings is 2. The number of ether oxygens (including phenoxy) is 1. The number of amides is 1. The van der Waals surface area contributed by atoms with Crippen LogP contribution in [0.15, 0.2) is 60.7 Å². The molecule has 5 nitrogen and oxygen atoms in total. The molecule has 24 heavy (non-hydrogen) atoms. The molecule has 0 aliphatic heterocycles. The van der Waals surface area contributed by atoms with Crippen LogP contribution in [-0.2, 0) is 0 Å². The average molecular weight is 340 g/mol. The summed E-state index contributed by atoms with van der Waals surface area (Å²) < 4.78 is 5.59. The molecule has 0 aliphatic carbocycles. The molecule has 1 amide bonds. The highest BCUT2D eigenvalue weighted by molar-refractivity contribution is 6.31. The van der Waals surface area contributed by atoms with Crippen molar-refractivity contribution in [3.8, 4) is 11.6 Å². The second-order valence-corrected chi connectivity index (χ2v) is 5.54. The number of aryl methyl sites for hydroxylation is 1. The van der Waals surface area contributed by atoms with Crippen LogP contribution < -0.4 is 10.1 Å². The van der Waals surface area contributed by atoms with Crippen LogP contribution in [0.25, 0.3) is 0 Å². The molecule has 0 saturated heterocycles. The third kappa shape index (κ3) is 4.08. The Hall–Kier alpha value is -2.92. The van der Waals surface area contributed by atoms with E-state index in [-0.39, 0.29) is 5.91 Å². The summed E-state index contributed by atoms with van der Waals surface area (Å²) in [5.41, 5.74) is 1.97. The van der Waals surface area contributed by atoms with E-state index >= 15 is 0 Å². The molecule has 0 aliphatic rings. The SMILES string of the molecule is Cc1ccc(Oc2ccc(NC(=O)c3cccc(Cl)c3)cc2)nn1. The normalized spacial score (nSPS) is 10.2. The van der Waals surface area contributed by atoms with Crippen molar-refractivity contribution >= 4 is 23.2 Å². The summed E-state index contributed by atoms with van der Waals surface area (Å²) in [6.45, 7) is 1.86. The Labute approximate surface area is 144 Å². The maximum atomic E-state index is 12.2. The molecular weight excluding hydrogens is 326 g/mol. The second-order valence-electron chi connectivity index (χ2n) is 5.10. The fourth-order valence-electron chi connectivity index (χ4n) is 2.00. The number of carbonyl (C=O) groups excluding carboxylic acids is 1. The first kappa shape index (κ1) is 16.0. The summed E-state index contributed by atoms with van der Waals surface area (Å²) in [4.78, 5) is 12.2. The summed E-state index contributed by atoms with van der Waals surface area (Å²) in [6, 6.07) is 17.3. The van der Waals surface area contributed by atoms with Crippen molar-refractivity contribution in [1.82, 2.24) is 10.2 Å². The van der Waals surface area contributed by atoms with Gasteiger partial charge in [-0.05, 0) is 55.5 Å². The van der Waals surface area contributed by atoms with Gasteiger partial charge in [0.2, 0.25) is 5.88 Å². The summed E-state index contributed by atoms with van der Waals surface area (Å²) in [5, 5.41) is 11.2. The van der Waals surface area contributed by atoms with Crippen molar-refractivity contribution in [3.63, 3.8) is 0 Å². The molecule has 3 aromatic rings. The molecule has 2 aromatic carbocycles. The Morgan fingerprint density at radius 2 is 1.83 bits per heavy atom. The van der Waals surface area contributed by atoms with Crippen molar-refractivity contribution in [3.05, 3.63) is 76.9 Å². The zero-order chi connectivity index (χ0) is 16.9. The lowest BCUT2D eigenvalue weighted by Crippen LogP contribution is -2.11. The number of hydrogen-bond acceptors (Lipinski definition) is 4. The fraction of sp³-hybridized carbons (Fsp3) is 0.0556. The first-order valence-corrected chi connectivity index (χ1v) is 7.63. The van der Waals surface area contributed by atoms with E-state index in [0.29, 0.717) is 27.9 Å². The smallest absolute Gasteiger partial charge is 0.255 e. The molecule has 6 heteroatoms. The Balaban J connectivity index is 1.66. The first-order chi connectivity index (χ1) is 11.6. The van der Waals surface area contributed by atoms with Gasteiger partial charge in [-0.1, -0.05) is 17.7 Å². The molecule has 0 unspecified atom stereocenters. The second kappa shape index (κ2) is 7.10. The van der Waals surface area contributed by atoms with Crippen molar-refractivity contribution in [2.75, 3.05) is 5.32 Å². The number of nitrogens with one attached hydrogen (secondary N) is 1. The predicted octanol–water partition coefficient (Wildman–Crippen LogP) is 4.48. The van der Waals surface area contributed by atoms with Gasteiger partial charge in [0.05, 0.1) is 5.69 Å². The third-order valence-electron chi connectivity index (χ3n) is 3.19. The van der Waals surface area contributed by atoms with Crippen LogP contribution in [0.1, 0.15) is 16.1 Å². The van der Waals surface area contributed by atoms with Crippen LogP contribution in [0.5, 0.6) is 11.6 Å². The molecule has 0 saturated carbocycles. The molecule has 0 radical (unpaired) electrons. The number of carbonyl (C=O) groups is 1. The lowest BCUT2D eigenvalue weighted by Gasteiger charge is -2.07. The number of nitrogens with zero attached hydrogens (tertiary/aromatic N) is 2. The van der Waals surface area contributed by atoms with E-state index in [2.05, 4.69) is 15.5 Å². The lowest BCUT2D eigenvalue weighted by atomic mass is 10.2. The van der Waals surface area contributed by atoms with Crippen molar-refractivity contribution in [1.29, 1.82) is 0 Å². The Morgan fingerprint density at radius 3 is 2.50 bits per heavy atom. The molecule has 3 rings (SSSR count). The zero-order valence-corrected chi connectivity index (χ0v) is 13.6. The van der Waals surface area contributed by atoms with Crippen molar-refractivity contribution in [2.45, 2.75) is 6.92 Å². The molecule has 1 N–H and O–H groups in total. The quantitative estimate of drug-likeness (QED) is 0.761. The highest BCUT2D eigenvalue weighted by Gasteiger charge is 2.07. The topological polar surface area (TPSA) is 64.1 Å². The minimum atomic E-state index is -0.226. The predicted molar refractivity (Wildman–Crippen MR) is 92.7 cm³/mol. The van der Waals surface area contributed by atoms with E-state index in [9.17, 15) is 4.79 Å². The molecule has 0 bridgehead atoms. The largest absolute Gasteiger partial charge is 0.438 e. The first-order valence-electron chi connectivity index (χ1n) is 7.25. The van der Waals surface area contributed by atoms with E-state index in [0.717, 1.165) is 5.69 Å². The van der Waals surface area contributed by atoms with Crippen LogP contribution in [0.2, 0.25) is 5.02 Å². The van der Waals surface area contributed by atoms with Crippen molar-refractivity contribution in [2.24, 2.45) is 0 Å². The van der Waals surface area contributed by atoms with Gasteiger partial charge in [-0.15, -0.1) is 5.10 Å². The molecule has 1 aromatic heterocycles. The fourth-order valence-corrected chi connectivity index (χ4v) is 2.19.